The first kappa shape index (κ1) is 13.7. The van der Waals surface area contributed by atoms with Gasteiger partial charge in [0.2, 0.25) is 0 Å². The van der Waals surface area contributed by atoms with Gasteiger partial charge in [-0.3, -0.25) is 4.90 Å². The maximum Gasteiger partial charge on any atom is 0.118 e. The van der Waals surface area contributed by atoms with Crippen molar-refractivity contribution in [2.45, 2.75) is 25.4 Å². The van der Waals surface area contributed by atoms with Gasteiger partial charge in [-0.15, -0.1) is 0 Å². The van der Waals surface area contributed by atoms with E-state index < -0.39 is 0 Å². The summed E-state index contributed by atoms with van der Waals surface area (Å²) in [5.41, 5.74) is 1.41. The van der Waals surface area contributed by atoms with Crippen LogP contribution >= 0.6 is 21.6 Å². The molecule has 1 aromatic rings. The van der Waals surface area contributed by atoms with E-state index in [4.69, 9.17) is 4.74 Å². The average molecular weight is 295 g/mol. The number of piperidine rings is 1. The lowest BCUT2D eigenvalue weighted by Crippen LogP contribution is -2.48. The number of fused-ring (bicyclic) bond motifs is 1. The second kappa shape index (κ2) is 6.42. The molecular formula is C15H21NOS2. The van der Waals surface area contributed by atoms with Gasteiger partial charge >= 0.3 is 0 Å². The van der Waals surface area contributed by atoms with Gasteiger partial charge in [-0.1, -0.05) is 33.7 Å². The minimum Gasteiger partial charge on any atom is -0.497 e. The maximum atomic E-state index is 5.23. The Morgan fingerprint density at radius 2 is 2.00 bits per heavy atom. The van der Waals surface area contributed by atoms with Crippen LogP contribution in [0, 0.1) is 5.92 Å². The van der Waals surface area contributed by atoms with E-state index >= 15 is 0 Å². The molecule has 2 saturated heterocycles. The zero-order valence-electron chi connectivity index (χ0n) is 11.4. The molecular weight excluding hydrogens is 274 g/mol. The van der Waals surface area contributed by atoms with Crippen molar-refractivity contribution in [3.05, 3.63) is 29.8 Å². The first-order chi connectivity index (χ1) is 9.36. The molecule has 0 saturated carbocycles. The Hall–Kier alpha value is -0.320. The van der Waals surface area contributed by atoms with Gasteiger partial charge in [0.1, 0.15) is 5.75 Å². The van der Waals surface area contributed by atoms with Gasteiger partial charge in [-0.25, -0.2) is 0 Å². The summed E-state index contributed by atoms with van der Waals surface area (Å²) in [5.74, 6) is 4.50. The van der Waals surface area contributed by atoms with Crippen molar-refractivity contribution in [1.29, 1.82) is 0 Å². The molecule has 3 rings (SSSR count). The molecule has 0 unspecified atom stereocenters. The molecule has 2 atom stereocenters. The summed E-state index contributed by atoms with van der Waals surface area (Å²) in [5, 5.41) is 0. The van der Waals surface area contributed by atoms with Crippen LogP contribution in [0.25, 0.3) is 0 Å². The molecule has 104 valence electrons. The van der Waals surface area contributed by atoms with Gasteiger partial charge in [-0.05, 0) is 43.0 Å². The first-order valence-electron chi connectivity index (χ1n) is 6.98. The molecule has 0 radical (unpaired) electrons. The number of nitrogens with zero attached hydrogens (tertiary/aromatic N) is 1. The molecule has 4 heteroatoms. The Balaban J connectivity index is 1.66. The normalized spacial score (nSPS) is 27.8. The number of benzene rings is 1. The van der Waals surface area contributed by atoms with Crippen molar-refractivity contribution in [2.24, 2.45) is 5.92 Å². The second-order valence-electron chi connectivity index (χ2n) is 5.36. The van der Waals surface area contributed by atoms with Crippen LogP contribution in [0.5, 0.6) is 5.75 Å². The molecule has 1 aromatic carbocycles. The Morgan fingerprint density at radius 1 is 1.21 bits per heavy atom. The lowest BCUT2D eigenvalue weighted by molar-refractivity contribution is 0.111. The molecule has 0 amide bonds. The summed E-state index contributed by atoms with van der Waals surface area (Å²) in [4.78, 5) is 2.70. The summed E-state index contributed by atoms with van der Waals surface area (Å²) in [6, 6.07) is 9.34. The number of hydrogen-bond acceptors (Lipinski definition) is 4. The lowest BCUT2D eigenvalue weighted by Gasteiger charge is -2.43. The number of methoxy groups -OCH3 is 1. The molecule has 2 heterocycles. The maximum absolute atomic E-state index is 5.23. The third-order valence-corrected chi connectivity index (χ3v) is 6.71. The van der Waals surface area contributed by atoms with E-state index in [0.29, 0.717) is 0 Å². The van der Waals surface area contributed by atoms with E-state index in [1.165, 1.54) is 36.5 Å². The highest BCUT2D eigenvalue weighted by Gasteiger charge is 2.33. The zero-order valence-corrected chi connectivity index (χ0v) is 13.0. The van der Waals surface area contributed by atoms with E-state index in [-0.39, 0.29) is 0 Å². The molecule has 2 aliphatic rings. The van der Waals surface area contributed by atoms with Gasteiger partial charge in [-0.2, -0.15) is 0 Å². The number of hydrogen-bond donors (Lipinski definition) is 0. The highest BCUT2D eigenvalue weighted by molar-refractivity contribution is 8.76. The van der Waals surface area contributed by atoms with Gasteiger partial charge in [0, 0.05) is 24.1 Å². The molecule has 2 aliphatic heterocycles. The van der Waals surface area contributed by atoms with Crippen LogP contribution in [-0.2, 0) is 6.54 Å². The van der Waals surface area contributed by atoms with Crippen LogP contribution in [0.3, 0.4) is 0 Å². The molecule has 2 fully saturated rings. The largest absolute Gasteiger partial charge is 0.497 e. The molecule has 19 heavy (non-hydrogen) atoms. The Kier molecular flexibility index (Phi) is 4.61. The summed E-state index contributed by atoms with van der Waals surface area (Å²) in [7, 11) is 5.85. The van der Waals surface area contributed by atoms with Crippen LogP contribution in [0.15, 0.2) is 24.3 Å². The molecule has 0 aromatic heterocycles. The van der Waals surface area contributed by atoms with Gasteiger partial charge in [0.05, 0.1) is 7.11 Å². The predicted octanol–water partition coefficient (Wildman–Crippen LogP) is 3.67. The van der Waals surface area contributed by atoms with Crippen LogP contribution in [0.4, 0.5) is 0 Å². The van der Waals surface area contributed by atoms with E-state index in [1.54, 1.807) is 7.11 Å². The number of likely N-dealkylation sites (tertiary alicyclic amines) is 1. The zero-order chi connectivity index (χ0) is 13.1. The van der Waals surface area contributed by atoms with Gasteiger partial charge in [0.25, 0.3) is 0 Å². The average Bonchev–Trinajstić information content (AvgIpc) is 2.48. The summed E-state index contributed by atoms with van der Waals surface area (Å²) < 4.78 is 5.23. The van der Waals surface area contributed by atoms with Gasteiger partial charge in [0.15, 0.2) is 0 Å². The molecule has 2 nitrogen and oxygen atoms in total. The standard InChI is InChI=1S/C15H21NOS2/c1-17-14-6-4-12(5-7-14)9-16-8-2-3-13-10-18-19-11-15(13)16/h4-7,13,15H,2-3,8-11H2,1H3/t13-,15+/m1/s1. The molecule has 0 bridgehead atoms. The number of ether oxygens (including phenoxy) is 1. The minimum absolute atomic E-state index is 0.794. The van der Waals surface area contributed by atoms with Crippen molar-refractivity contribution in [3.8, 4) is 5.75 Å². The van der Waals surface area contributed by atoms with E-state index in [0.717, 1.165) is 24.3 Å². The van der Waals surface area contributed by atoms with E-state index in [9.17, 15) is 0 Å². The van der Waals surface area contributed by atoms with E-state index in [2.05, 4.69) is 50.8 Å². The molecule has 0 N–H and O–H groups in total. The van der Waals surface area contributed by atoms with Crippen LogP contribution in [0.1, 0.15) is 18.4 Å². The molecule has 0 aliphatic carbocycles. The first-order valence-corrected chi connectivity index (χ1v) is 9.47. The van der Waals surface area contributed by atoms with Crippen molar-refractivity contribution in [1.82, 2.24) is 4.90 Å². The minimum atomic E-state index is 0.794. The quantitative estimate of drug-likeness (QED) is 0.788. The summed E-state index contributed by atoms with van der Waals surface area (Å²) in [6.07, 6.45) is 2.79. The predicted molar refractivity (Wildman–Crippen MR) is 84.8 cm³/mol. The van der Waals surface area contributed by atoms with Crippen molar-refractivity contribution >= 4 is 21.6 Å². The van der Waals surface area contributed by atoms with Crippen molar-refractivity contribution in [3.63, 3.8) is 0 Å². The van der Waals surface area contributed by atoms with Crippen molar-refractivity contribution < 1.29 is 4.74 Å². The summed E-state index contributed by atoms with van der Waals surface area (Å²) >= 11 is 0. The third kappa shape index (κ3) is 3.23. The summed E-state index contributed by atoms with van der Waals surface area (Å²) in [6.45, 7) is 2.36. The number of rotatable bonds is 3. The van der Waals surface area contributed by atoms with Gasteiger partial charge < -0.3 is 4.74 Å². The monoisotopic (exact) mass is 295 g/mol. The third-order valence-electron chi connectivity index (χ3n) is 4.18. The Labute approximate surface area is 123 Å². The highest BCUT2D eigenvalue weighted by atomic mass is 33.1. The molecule has 0 spiro atoms. The van der Waals surface area contributed by atoms with E-state index in [1.807, 2.05) is 0 Å². The smallest absolute Gasteiger partial charge is 0.118 e. The SMILES string of the molecule is COc1ccc(CN2CCC[C@@H]3CSSC[C@@H]32)cc1. The van der Waals surface area contributed by atoms with Crippen LogP contribution in [0.2, 0.25) is 0 Å². The van der Waals surface area contributed by atoms with Crippen LogP contribution in [-0.4, -0.2) is 36.1 Å². The Morgan fingerprint density at radius 3 is 2.79 bits per heavy atom. The van der Waals surface area contributed by atoms with Crippen molar-refractivity contribution in [2.75, 3.05) is 25.2 Å². The Bertz CT molecular complexity index is 407. The fourth-order valence-corrected chi connectivity index (χ4v) is 5.96. The topological polar surface area (TPSA) is 12.5 Å². The second-order valence-corrected chi connectivity index (χ2v) is 7.91. The lowest BCUT2D eigenvalue weighted by atomic mass is 9.91. The fraction of sp³-hybridized carbons (Fsp3) is 0.600. The van der Waals surface area contributed by atoms with Crippen LogP contribution < -0.4 is 4.74 Å². The highest BCUT2D eigenvalue weighted by Crippen LogP contribution is 2.40. The fourth-order valence-electron chi connectivity index (χ4n) is 3.06.